The van der Waals surface area contributed by atoms with Gasteiger partial charge in [-0.1, -0.05) is 0 Å². The minimum absolute atomic E-state index is 1.00. The van der Waals surface area contributed by atoms with E-state index in [2.05, 4.69) is 0 Å². The molecule has 5 heavy (non-hydrogen) atoms. The number of hydrogen-bond donors (Lipinski definition) is 1. The maximum atomic E-state index is 8.14. The molecule has 0 aliphatic carbocycles. The van der Waals surface area contributed by atoms with Crippen LogP contribution >= 0.6 is 0 Å². The summed E-state index contributed by atoms with van der Waals surface area (Å²) in [7, 11) is 1.56. The summed E-state index contributed by atoms with van der Waals surface area (Å²) >= 11 is 0. The maximum Gasteiger partial charge on any atom is 0.188 e. The topological polar surface area (TPSA) is 23.2 Å². The molecule has 0 radical (unpaired) electrons. The van der Waals surface area contributed by atoms with Gasteiger partial charge in [0.2, 0.25) is 0 Å². The van der Waals surface area contributed by atoms with E-state index in [4.69, 9.17) is 5.21 Å². The molecule has 0 atom stereocenters. The van der Waals surface area contributed by atoms with Crippen LogP contribution in [0.1, 0.15) is 6.92 Å². The number of rotatable bonds is 0. The van der Waals surface area contributed by atoms with Crippen molar-refractivity contribution < 1.29 is 9.95 Å². The highest BCUT2D eigenvalue weighted by atomic mass is 16.5. The van der Waals surface area contributed by atoms with Gasteiger partial charge in [0, 0.05) is 6.92 Å². The summed E-state index contributed by atoms with van der Waals surface area (Å²) in [5, 5.41) is 8.14. The second kappa shape index (κ2) is 1.76. The summed E-state index contributed by atoms with van der Waals surface area (Å²) in [6.45, 7) is 1.75. The fraction of sp³-hybridized carbons (Fsp3) is 0.667. The Morgan fingerprint density at radius 1 is 1.80 bits per heavy atom. The number of hydroxylamine groups is 1. The standard InChI is InChI=1S/C3H8NO/c1-3-4(2)5/h3,5H,1-2H3/q+1. The molecule has 0 bridgehead atoms. The van der Waals surface area contributed by atoms with E-state index in [0.29, 0.717) is 0 Å². The van der Waals surface area contributed by atoms with Gasteiger partial charge in [0.05, 0.1) is 0 Å². The van der Waals surface area contributed by atoms with Gasteiger partial charge in [-0.2, -0.15) is 0 Å². The molecule has 0 saturated heterocycles. The Morgan fingerprint density at radius 3 is 2.00 bits per heavy atom. The second-order valence-corrected chi connectivity index (χ2v) is 0.832. The van der Waals surface area contributed by atoms with E-state index in [1.807, 2.05) is 0 Å². The van der Waals surface area contributed by atoms with Crippen molar-refractivity contribution in [3.8, 4) is 0 Å². The third kappa shape index (κ3) is 3.47. The third-order valence-electron chi connectivity index (χ3n) is 0.374. The monoisotopic (exact) mass is 74.1 g/mol. The quantitative estimate of drug-likeness (QED) is 0.187. The van der Waals surface area contributed by atoms with Crippen molar-refractivity contribution in [2.45, 2.75) is 6.92 Å². The van der Waals surface area contributed by atoms with Gasteiger partial charge in [0.25, 0.3) is 0 Å². The minimum Gasteiger partial charge on any atom is -0.291 e. The predicted octanol–water partition coefficient (Wildman–Crippen LogP) is 0.109. The van der Waals surface area contributed by atoms with Crippen molar-refractivity contribution in [2.24, 2.45) is 0 Å². The van der Waals surface area contributed by atoms with E-state index in [1.54, 1.807) is 20.2 Å². The summed E-state index contributed by atoms with van der Waals surface area (Å²) in [6.07, 6.45) is 1.56. The lowest BCUT2D eigenvalue weighted by Crippen LogP contribution is -1.94. The molecule has 1 N–H and O–H groups in total. The molecule has 0 aromatic rings. The minimum atomic E-state index is 1.00. The summed E-state index contributed by atoms with van der Waals surface area (Å²) in [4.78, 5) is 0. The fourth-order valence-electron chi connectivity index (χ4n) is 0. The lowest BCUT2D eigenvalue weighted by atomic mass is 10.9. The van der Waals surface area contributed by atoms with Gasteiger partial charge in [0.15, 0.2) is 13.3 Å². The Morgan fingerprint density at radius 2 is 2.00 bits per heavy atom. The van der Waals surface area contributed by atoms with E-state index in [9.17, 15) is 0 Å². The number of nitrogens with zero attached hydrogens (tertiary/aromatic N) is 1. The van der Waals surface area contributed by atoms with E-state index in [1.165, 1.54) is 0 Å². The molecule has 2 heteroatoms. The van der Waals surface area contributed by atoms with Crippen LogP contribution in [-0.2, 0) is 0 Å². The zero-order valence-corrected chi connectivity index (χ0v) is 3.47. The molecule has 30 valence electrons. The molecule has 0 spiro atoms. The number of hydrogen-bond acceptors (Lipinski definition) is 1. The Labute approximate surface area is 31.3 Å². The average Bonchev–Trinajstić information content (AvgIpc) is 1.38. The van der Waals surface area contributed by atoms with E-state index in [0.717, 1.165) is 4.74 Å². The van der Waals surface area contributed by atoms with Crippen LogP contribution in [0.3, 0.4) is 0 Å². The first-order chi connectivity index (χ1) is 2.27. The van der Waals surface area contributed by atoms with Gasteiger partial charge in [-0.15, -0.1) is 0 Å². The first kappa shape index (κ1) is 4.47. The fourth-order valence-corrected chi connectivity index (χ4v) is 0. The lowest BCUT2D eigenvalue weighted by molar-refractivity contribution is -0.751. The zero-order chi connectivity index (χ0) is 4.28. The summed E-state index contributed by atoms with van der Waals surface area (Å²) < 4.78 is 1.00. The molecule has 0 aliphatic rings. The predicted molar refractivity (Wildman–Crippen MR) is 19.7 cm³/mol. The summed E-state index contributed by atoms with van der Waals surface area (Å²) in [6, 6.07) is 0. The SMILES string of the molecule is CC=[N+](C)O. The van der Waals surface area contributed by atoms with Crippen molar-refractivity contribution in [2.75, 3.05) is 7.05 Å². The highest BCUT2D eigenvalue weighted by molar-refractivity contribution is 5.45. The molecule has 0 heterocycles. The first-order valence-electron chi connectivity index (χ1n) is 1.48. The molecule has 0 aromatic carbocycles. The summed E-state index contributed by atoms with van der Waals surface area (Å²) in [5.41, 5.74) is 0. The van der Waals surface area contributed by atoms with Crippen LogP contribution in [0, 0.1) is 0 Å². The second-order valence-electron chi connectivity index (χ2n) is 0.832. The van der Waals surface area contributed by atoms with Crippen LogP contribution in [0.2, 0.25) is 0 Å². The van der Waals surface area contributed by atoms with Gasteiger partial charge < -0.3 is 0 Å². The highest BCUT2D eigenvalue weighted by Gasteiger charge is 1.69. The van der Waals surface area contributed by atoms with Crippen LogP contribution in [0.4, 0.5) is 0 Å². The molecule has 0 saturated carbocycles. The molecular formula is C3H8NO+. The Balaban J connectivity index is 3.14. The normalized spacial score (nSPS) is 12.0. The van der Waals surface area contributed by atoms with E-state index >= 15 is 0 Å². The summed E-state index contributed by atoms with van der Waals surface area (Å²) in [5.74, 6) is 0. The van der Waals surface area contributed by atoms with Crippen LogP contribution < -0.4 is 0 Å². The molecule has 2 nitrogen and oxygen atoms in total. The molecule has 0 fully saturated rings. The Kier molecular flexibility index (Phi) is 1.57. The van der Waals surface area contributed by atoms with Gasteiger partial charge in [-0.3, -0.25) is 5.21 Å². The maximum absolute atomic E-state index is 8.14. The molecular weight excluding hydrogens is 66.0 g/mol. The highest BCUT2D eigenvalue weighted by Crippen LogP contribution is 1.42. The average molecular weight is 74.1 g/mol. The zero-order valence-electron chi connectivity index (χ0n) is 3.47. The van der Waals surface area contributed by atoms with Crippen molar-refractivity contribution in [1.82, 2.24) is 0 Å². The molecule has 0 aliphatic heterocycles. The molecule has 0 amide bonds. The van der Waals surface area contributed by atoms with Gasteiger partial charge in [-0.05, 0) is 4.74 Å². The van der Waals surface area contributed by atoms with Gasteiger partial charge in [-0.25, -0.2) is 0 Å². The van der Waals surface area contributed by atoms with Gasteiger partial charge in [0.1, 0.15) is 0 Å². The third-order valence-corrected chi connectivity index (χ3v) is 0.374. The van der Waals surface area contributed by atoms with Crippen molar-refractivity contribution in [1.29, 1.82) is 0 Å². The van der Waals surface area contributed by atoms with Gasteiger partial charge >= 0.3 is 0 Å². The van der Waals surface area contributed by atoms with Crippen molar-refractivity contribution >= 4 is 6.21 Å². The lowest BCUT2D eigenvalue weighted by Gasteiger charge is -1.68. The Bertz CT molecular complexity index is 44.9. The Hall–Kier alpha value is -0.530. The van der Waals surface area contributed by atoms with E-state index < -0.39 is 0 Å². The molecule has 0 rings (SSSR count). The van der Waals surface area contributed by atoms with Crippen LogP contribution in [0.15, 0.2) is 0 Å². The largest absolute Gasteiger partial charge is 0.291 e. The van der Waals surface area contributed by atoms with Crippen LogP contribution in [-0.4, -0.2) is 23.2 Å². The van der Waals surface area contributed by atoms with Crippen LogP contribution in [0.25, 0.3) is 0 Å². The first-order valence-corrected chi connectivity index (χ1v) is 1.48. The smallest absolute Gasteiger partial charge is 0.188 e. The van der Waals surface area contributed by atoms with Crippen molar-refractivity contribution in [3.05, 3.63) is 0 Å². The molecule has 0 aromatic heterocycles. The molecule has 0 unspecified atom stereocenters. The van der Waals surface area contributed by atoms with Crippen molar-refractivity contribution in [3.63, 3.8) is 0 Å². The van der Waals surface area contributed by atoms with E-state index in [-0.39, 0.29) is 0 Å². The van der Waals surface area contributed by atoms with Crippen LogP contribution in [0.5, 0.6) is 0 Å².